The zero-order chi connectivity index (χ0) is 12.3. The van der Waals surface area contributed by atoms with Gasteiger partial charge in [-0.15, -0.1) is 0 Å². The third kappa shape index (κ3) is 3.01. The van der Waals surface area contributed by atoms with Crippen LogP contribution in [0.4, 0.5) is 0 Å². The fourth-order valence-electron chi connectivity index (χ4n) is 1.32. The molecule has 1 heterocycles. The van der Waals surface area contributed by atoms with Gasteiger partial charge in [0.25, 0.3) is 0 Å². The zero-order valence-corrected chi connectivity index (χ0v) is 11.2. The standard InChI is InChI=1S/C12H9BrN2OS/c13-8-3-4-11(10(6-8)12(14)17)16-9-2-1-5-15-7-9/h1-7H,(H2,14,17). The van der Waals surface area contributed by atoms with E-state index in [-0.39, 0.29) is 0 Å². The number of hydrogen-bond acceptors (Lipinski definition) is 3. The zero-order valence-electron chi connectivity index (χ0n) is 8.76. The highest BCUT2D eigenvalue weighted by Gasteiger charge is 2.08. The minimum absolute atomic E-state index is 0.296. The fourth-order valence-corrected chi connectivity index (χ4v) is 1.84. The fraction of sp³-hybridized carbons (Fsp3) is 0. The Labute approximate surface area is 113 Å². The van der Waals surface area contributed by atoms with E-state index >= 15 is 0 Å². The van der Waals surface area contributed by atoms with Crippen LogP contribution in [-0.4, -0.2) is 9.97 Å². The van der Waals surface area contributed by atoms with Gasteiger partial charge in [0.05, 0.1) is 11.8 Å². The molecule has 0 fully saturated rings. The Morgan fingerprint density at radius 1 is 1.35 bits per heavy atom. The number of benzene rings is 1. The highest BCUT2D eigenvalue weighted by Crippen LogP contribution is 2.27. The molecule has 1 aromatic carbocycles. The first-order valence-corrected chi connectivity index (χ1v) is 6.04. The van der Waals surface area contributed by atoms with Crippen molar-refractivity contribution in [3.8, 4) is 11.5 Å². The molecule has 0 radical (unpaired) electrons. The van der Waals surface area contributed by atoms with E-state index < -0.39 is 0 Å². The Balaban J connectivity index is 2.36. The summed E-state index contributed by atoms with van der Waals surface area (Å²) in [5.41, 5.74) is 6.34. The van der Waals surface area contributed by atoms with Crippen LogP contribution in [0.25, 0.3) is 0 Å². The Morgan fingerprint density at radius 2 is 2.18 bits per heavy atom. The molecule has 2 N–H and O–H groups in total. The summed E-state index contributed by atoms with van der Waals surface area (Å²) >= 11 is 8.35. The lowest BCUT2D eigenvalue weighted by Crippen LogP contribution is -2.10. The summed E-state index contributed by atoms with van der Waals surface area (Å²) < 4.78 is 6.58. The molecule has 5 heteroatoms. The molecular formula is C12H9BrN2OS. The molecule has 17 heavy (non-hydrogen) atoms. The number of nitrogens with two attached hydrogens (primary N) is 1. The van der Waals surface area contributed by atoms with Gasteiger partial charge in [-0.3, -0.25) is 4.98 Å². The normalized spacial score (nSPS) is 9.94. The van der Waals surface area contributed by atoms with Crippen molar-refractivity contribution in [3.05, 3.63) is 52.8 Å². The number of aromatic nitrogens is 1. The predicted octanol–water partition coefficient (Wildman–Crippen LogP) is 3.27. The smallest absolute Gasteiger partial charge is 0.145 e. The molecule has 2 rings (SSSR count). The number of halogens is 1. The van der Waals surface area contributed by atoms with Crippen molar-refractivity contribution < 1.29 is 4.74 Å². The molecule has 2 aromatic rings. The second kappa shape index (κ2) is 5.25. The second-order valence-electron chi connectivity index (χ2n) is 3.30. The van der Waals surface area contributed by atoms with Crippen LogP contribution < -0.4 is 10.5 Å². The van der Waals surface area contributed by atoms with Crippen LogP contribution in [-0.2, 0) is 0 Å². The SMILES string of the molecule is NC(=S)c1cc(Br)ccc1Oc1cccnc1. The van der Waals surface area contributed by atoms with Gasteiger partial charge in [0, 0.05) is 10.7 Å². The van der Waals surface area contributed by atoms with Crippen molar-refractivity contribution in [1.29, 1.82) is 0 Å². The number of thiocarbonyl (C=S) groups is 1. The molecule has 0 amide bonds. The highest BCUT2D eigenvalue weighted by atomic mass is 79.9. The summed E-state index contributed by atoms with van der Waals surface area (Å²) in [5, 5.41) is 0. The van der Waals surface area contributed by atoms with Crippen LogP contribution in [0.2, 0.25) is 0 Å². The maximum atomic E-state index is 5.67. The van der Waals surface area contributed by atoms with Gasteiger partial charge < -0.3 is 10.5 Å². The van der Waals surface area contributed by atoms with Crippen molar-refractivity contribution in [3.63, 3.8) is 0 Å². The molecular weight excluding hydrogens is 300 g/mol. The lowest BCUT2D eigenvalue weighted by atomic mass is 10.2. The van der Waals surface area contributed by atoms with Crippen molar-refractivity contribution in [2.24, 2.45) is 5.73 Å². The van der Waals surface area contributed by atoms with Gasteiger partial charge in [-0.05, 0) is 30.3 Å². The van der Waals surface area contributed by atoms with Crippen LogP contribution in [0, 0.1) is 0 Å². The van der Waals surface area contributed by atoms with Gasteiger partial charge in [0.1, 0.15) is 16.5 Å². The van der Waals surface area contributed by atoms with E-state index in [4.69, 9.17) is 22.7 Å². The van der Waals surface area contributed by atoms with Crippen molar-refractivity contribution in [2.45, 2.75) is 0 Å². The maximum absolute atomic E-state index is 5.67. The van der Waals surface area contributed by atoms with Gasteiger partial charge in [0.2, 0.25) is 0 Å². The monoisotopic (exact) mass is 308 g/mol. The average molecular weight is 309 g/mol. The number of ether oxygens (including phenoxy) is 1. The van der Waals surface area contributed by atoms with E-state index in [9.17, 15) is 0 Å². The Bertz CT molecular complexity index is 545. The summed E-state index contributed by atoms with van der Waals surface area (Å²) in [5.74, 6) is 1.26. The van der Waals surface area contributed by atoms with Crippen LogP contribution >= 0.6 is 28.1 Å². The third-order valence-electron chi connectivity index (χ3n) is 2.07. The molecule has 0 unspecified atom stereocenters. The number of nitrogens with zero attached hydrogens (tertiary/aromatic N) is 1. The van der Waals surface area contributed by atoms with E-state index in [0.717, 1.165) is 4.47 Å². The summed E-state index contributed by atoms with van der Waals surface area (Å²) in [4.78, 5) is 4.27. The first kappa shape index (κ1) is 12.0. The molecule has 0 saturated heterocycles. The highest BCUT2D eigenvalue weighted by molar-refractivity contribution is 9.10. The van der Waals surface area contributed by atoms with Crippen LogP contribution in [0.5, 0.6) is 11.5 Å². The topological polar surface area (TPSA) is 48.1 Å². The van der Waals surface area contributed by atoms with E-state index in [0.29, 0.717) is 22.1 Å². The number of rotatable bonds is 3. The molecule has 0 aliphatic rings. The molecule has 0 atom stereocenters. The minimum Gasteiger partial charge on any atom is -0.455 e. The molecule has 0 aliphatic carbocycles. The Hall–Kier alpha value is -1.46. The quantitative estimate of drug-likeness (QED) is 0.884. The molecule has 0 aliphatic heterocycles. The van der Waals surface area contributed by atoms with Crippen LogP contribution in [0.15, 0.2) is 47.2 Å². The largest absolute Gasteiger partial charge is 0.455 e. The van der Waals surface area contributed by atoms with Gasteiger partial charge in [-0.2, -0.15) is 0 Å². The summed E-state index contributed by atoms with van der Waals surface area (Å²) in [6, 6.07) is 9.13. The van der Waals surface area contributed by atoms with Gasteiger partial charge in [-0.25, -0.2) is 0 Å². The third-order valence-corrected chi connectivity index (χ3v) is 2.78. The van der Waals surface area contributed by atoms with Crippen LogP contribution in [0.3, 0.4) is 0 Å². The first-order chi connectivity index (χ1) is 8.16. The van der Waals surface area contributed by atoms with Crippen molar-refractivity contribution in [2.75, 3.05) is 0 Å². The van der Waals surface area contributed by atoms with Gasteiger partial charge in [-0.1, -0.05) is 28.1 Å². The predicted molar refractivity (Wildman–Crippen MR) is 74.3 cm³/mol. The van der Waals surface area contributed by atoms with E-state index in [1.54, 1.807) is 18.5 Å². The Morgan fingerprint density at radius 3 is 2.82 bits per heavy atom. The molecule has 86 valence electrons. The van der Waals surface area contributed by atoms with Crippen molar-refractivity contribution in [1.82, 2.24) is 4.98 Å². The van der Waals surface area contributed by atoms with E-state index in [1.165, 1.54) is 0 Å². The lowest BCUT2D eigenvalue weighted by Gasteiger charge is -2.10. The number of hydrogen-bond donors (Lipinski definition) is 1. The van der Waals surface area contributed by atoms with Crippen LogP contribution in [0.1, 0.15) is 5.56 Å². The molecule has 3 nitrogen and oxygen atoms in total. The molecule has 1 aromatic heterocycles. The molecule has 0 spiro atoms. The molecule has 0 bridgehead atoms. The number of pyridine rings is 1. The maximum Gasteiger partial charge on any atom is 0.145 e. The lowest BCUT2D eigenvalue weighted by molar-refractivity contribution is 0.479. The van der Waals surface area contributed by atoms with Gasteiger partial charge in [0.15, 0.2) is 0 Å². The van der Waals surface area contributed by atoms with E-state index in [1.807, 2.05) is 24.3 Å². The summed E-state index contributed by atoms with van der Waals surface area (Å²) in [6.07, 6.45) is 3.31. The van der Waals surface area contributed by atoms with Gasteiger partial charge >= 0.3 is 0 Å². The first-order valence-electron chi connectivity index (χ1n) is 4.84. The summed E-state index contributed by atoms with van der Waals surface area (Å²) in [7, 11) is 0. The second-order valence-corrected chi connectivity index (χ2v) is 4.65. The average Bonchev–Trinajstić information content (AvgIpc) is 2.32. The summed E-state index contributed by atoms with van der Waals surface area (Å²) in [6.45, 7) is 0. The Kier molecular flexibility index (Phi) is 3.71. The van der Waals surface area contributed by atoms with E-state index in [2.05, 4.69) is 20.9 Å². The minimum atomic E-state index is 0.296. The molecule has 0 saturated carbocycles. The van der Waals surface area contributed by atoms with Crippen molar-refractivity contribution >= 4 is 33.1 Å².